The van der Waals surface area contributed by atoms with Gasteiger partial charge in [-0.15, -0.1) is 0 Å². The number of aliphatic hydroxyl groups excluding tert-OH is 1. The topological polar surface area (TPSA) is 126 Å². The smallest absolute Gasteiger partial charge is 0.0609 e. The Labute approximate surface area is 246 Å². The van der Waals surface area contributed by atoms with Crippen molar-refractivity contribution in [1.82, 2.24) is 0 Å². The quantitative estimate of drug-likeness (QED) is 0.196. The van der Waals surface area contributed by atoms with Crippen LogP contribution in [0.4, 0.5) is 0 Å². The van der Waals surface area contributed by atoms with Crippen LogP contribution < -0.4 is 17.2 Å². The summed E-state index contributed by atoms with van der Waals surface area (Å²) in [7, 11) is 0. The predicted molar refractivity (Wildman–Crippen MR) is 164 cm³/mol. The number of aliphatic hydroxyl groups is 1. The van der Waals surface area contributed by atoms with Crippen molar-refractivity contribution in [2.45, 2.75) is 123 Å². The lowest BCUT2D eigenvalue weighted by Gasteiger charge is -2.58. The summed E-state index contributed by atoms with van der Waals surface area (Å²) < 4.78 is 19.8. The molecule has 3 rings (SSSR count). The number of hydrogen-bond donors (Lipinski definition) is 4. The van der Waals surface area contributed by atoms with Gasteiger partial charge in [-0.2, -0.15) is 0 Å². The number of rotatable bonds is 16. The fourth-order valence-corrected chi connectivity index (χ4v) is 8.82. The first-order valence-corrected chi connectivity index (χ1v) is 16.9. The van der Waals surface area contributed by atoms with Gasteiger partial charge >= 0.3 is 0 Å². The molecule has 7 nitrogen and oxygen atoms in total. The molecule has 0 radical (unpaired) electrons. The monoisotopic (exact) mass is 567 g/mol. The third kappa shape index (κ3) is 9.11. The van der Waals surface area contributed by atoms with E-state index in [2.05, 4.69) is 20.8 Å². The van der Waals surface area contributed by atoms with Crippen LogP contribution in [0.1, 0.15) is 104 Å². The molecule has 40 heavy (non-hydrogen) atoms. The van der Waals surface area contributed by atoms with E-state index < -0.39 is 0 Å². The summed E-state index contributed by atoms with van der Waals surface area (Å²) in [5, 5.41) is 9.52. The first kappa shape index (κ1) is 34.2. The van der Waals surface area contributed by atoms with Gasteiger partial charge in [-0.25, -0.2) is 0 Å². The zero-order chi connectivity index (χ0) is 29.0. The fourth-order valence-electron chi connectivity index (χ4n) is 8.82. The Balaban J connectivity index is 1.89. The van der Waals surface area contributed by atoms with E-state index >= 15 is 0 Å². The van der Waals surface area contributed by atoms with E-state index in [4.69, 9.17) is 31.4 Å². The van der Waals surface area contributed by atoms with Gasteiger partial charge in [0, 0.05) is 26.4 Å². The molecule has 5 unspecified atom stereocenters. The second-order valence-corrected chi connectivity index (χ2v) is 13.8. The van der Waals surface area contributed by atoms with Crippen LogP contribution in [0.3, 0.4) is 0 Å². The van der Waals surface area contributed by atoms with E-state index in [0.717, 1.165) is 77.6 Å². The maximum absolute atomic E-state index is 9.52. The average molecular weight is 568 g/mol. The minimum absolute atomic E-state index is 0.234. The second kappa shape index (κ2) is 17.7. The molecule has 3 fully saturated rings. The Morgan fingerprint density at radius 1 is 0.825 bits per heavy atom. The third-order valence-electron chi connectivity index (χ3n) is 11.3. The minimum atomic E-state index is 0.234. The summed E-state index contributed by atoms with van der Waals surface area (Å²) in [5.41, 5.74) is 17.8. The molecule has 10 atom stereocenters. The lowest BCUT2D eigenvalue weighted by molar-refractivity contribution is -0.161. The third-order valence-corrected chi connectivity index (χ3v) is 11.3. The van der Waals surface area contributed by atoms with Crippen LogP contribution in [0.25, 0.3) is 0 Å². The Bertz CT molecular complexity index is 684. The first-order valence-electron chi connectivity index (χ1n) is 16.9. The van der Waals surface area contributed by atoms with Gasteiger partial charge in [-0.1, -0.05) is 27.2 Å². The SMILES string of the molecule is CC1C(OCCCN)C[C@H]2[C@H](CCCC1[C@H](C)CCCO)[C@H](OCCCN)CC1C[C@H](OCCCN)CCC12C. The number of hydrogen-bond acceptors (Lipinski definition) is 7. The van der Waals surface area contributed by atoms with Crippen molar-refractivity contribution in [1.29, 1.82) is 0 Å². The second-order valence-electron chi connectivity index (χ2n) is 13.8. The molecule has 3 aliphatic carbocycles. The largest absolute Gasteiger partial charge is 0.396 e. The van der Waals surface area contributed by atoms with Crippen LogP contribution >= 0.6 is 0 Å². The Morgan fingerprint density at radius 2 is 1.48 bits per heavy atom. The molecule has 0 saturated heterocycles. The Morgan fingerprint density at radius 3 is 2.12 bits per heavy atom. The highest BCUT2D eigenvalue weighted by molar-refractivity contribution is 5.04. The van der Waals surface area contributed by atoms with E-state index in [1.165, 1.54) is 25.7 Å². The van der Waals surface area contributed by atoms with Crippen LogP contribution in [0, 0.1) is 40.9 Å². The molecule has 0 bridgehead atoms. The van der Waals surface area contributed by atoms with Crippen molar-refractivity contribution >= 4 is 0 Å². The highest BCUT2D eigenvalue weighted by Gasteiger charge is 2.55. The molecule has 0 aromatic carbocycles. The molecule has 7 heteroatoms. The zero-order valence-corrected chi connectivity index (χ0v) is 26.2. The van der Waals surface area contributed by atoms with Gasteiger partial charge in [0.05, 0.1) is 18.3 Å². The summed E-state index contributed by atoms with van der Waals surface area (Å²) >= 11 is 0. The molecule has 3 aliphatic rings. The van der Waals surface area contributed by atoms with E-state index in [9.17, 15) is 5.11 Å². The molecule has 3 saturated carbocycles. The van der Waals surface area contributed by atoms with E-state index in [1.54, 1.807) is 0 Å². The summed E-state index contributed by atoms with van der Waals surface area (Å²) in [6.07, 6.45) is 15.1. The molecule has 0 aromatic heterocycles. The van der Waals surface area contributed by atoms with Gasteiger partial charge in [0.2, 0.25) is 0 Å². The Kier molecular flexibility index (Phi) is 15.2. The molecule has 7 N–H and O–H groups in total. The summed E-state index contributed by atoms with van der Waals surface area (Å²) in [6, 6.07) is 0. The lowest BCUT2D eigenvalue weighted by Crippen LogP contribution is -2.54. The Hall–Kier alpha value is -0.280. The van der Waals surface area contributed by atoms with Gasteiger partial charge in [0.1, 0.15) is 0 Å². The average Bonchev–Trinajstić information content (AvgIpc) is 3.01. The maximum atomic E-state index is 9.52. The van der Waals surface area contributed by atoms with Crippen molar-refractivity contribution in [3.63, 3.8) is 0 Å². The summed E-state index contributed by atoms with van der Waals surface area (Å²) in [6.45, 7) is 12.1. The fraction of sp³-hybridized carbons (Fsp3) is 1.00. The molecular formula is C33H65N3O4. The highest BCUT2D eigenvalue weighted by Crippen LogP contribution is 2.59. The molecule has 0 aliphatic heterocycles. The lowest BCUT2D eigenvalue weighted by atomic mass is 9.50. The number of fused-ring (bicyclic) bond motifs is 3. The van der Waals surface area contributed by atoms with Crippen LogP contribution in [-0.2, 0) is 14.2 Å². The van der Waals surface area contributed by atoms with E-state index in [0.29, 0.717) is 67.3 Å². The van der Waals surface area contributed by atoms with Gasteiger partial charge in [-0.3, -0.25) is 0 Å². The summed E-state index contributed by atoms with van der Waals surface area (Å²) in [4.78, 5) is 0. The maximum Gasteiger partial charge on any atom is 0.0609 e. The van der Waals surface area contributed by atoms with Crippen molar-refractivity contribution in [3.8, 4) is 0 Å². The predicted octanol–water partition coefficient (Wildman–Crippen LogP) is 4.87. The normalized spacial score (nSPS) is 37.6. The van der Waals surface area contributed by atoms with Crippen LogP contribution in [0.15, 0.2) is 0 Å². The molecule has 236 valence electrons. The first-order chi connectivity index (χ1) is 19.4. The standard InChI is InChI=1S/C33H65N3O4/c1-24(9-5-17-37)28-10-4-11-29-30(23-31(25(28)2)39-19-7-15-35)33(3)13-12-27(38-18-6-14-34)21-26(33)22-32(29)40-20-8-16-36/h24-32,37H,4-23,34-36H2,1-3H3/t24-,25?,26?,27-,28?,29+,30+,31?,32-,33?/m1/s1. The van der Waals surface area contributed by atoms with Crippen LogP contribution in [0.5, 0.6) is 0 Å². The minimum Gasteiger partial charge on any atom is -0.396 e. The molecule has 0 heterocycles. The highest BCUT2D eigenvalue weighted by atomic mass is 16.5. The molecular weight excluding hydrogens is 502 g/mol. The van der Waals surface area contributed by atoms with Crippen LogP contribution in [-0.4, -0.2) is 69.5 Å². The van der Waals surface area contributed by atoms with E-state index in [1.807, 2.05) is 0 Å². The van der Waals surface area contributed by atoms with Gasteiger partial charge in [0.25, 0.3) is 0 Å². The van der Waals surface area contributed by atoms with Gasteiger partial charge in [-0.05, 0) is 138 Å². The molecule has 0 amide bonds. The van der Waals surface area contributed by atoms with E-state index in [-0.39, 0.29) is 18.1 Å². The van der Waals surface area contributed by atoms with Crippen LogP contribution in [0.2, 0.25) is 0 Å². The van der Waals surface area contributed by atoms with Gasteiger partial charge in [0.15, 0.2) is 0 Å². The zero-order valence-electron chi connectivity index (χ0n) is 26.2. The molecule has 0 aromatic rings. The molecule has 0 spiro atoms. The summed E-state index contributed by atoms with van der Waals surface area (Å²) in [5.74, 6) is 3.43. The van der Waals surface area contributed by atoms with Crippen molar-refractivity contribution in [3.05, 3.63) is 0 Å². The van der Waals surface area contributed by atoms with Crippen molar-refractivity contribution in [2.24, 2.45) is 58.1 Å². The van der Waals surface area contributed by atoms with Crippen molar-refractivity contribution in [2.75, 3.05) is 46.1 Å². The van der Waals surface area contributed by atoms with Crippen molar-refractivity contribution < 1.29 is 19.3 Å². The number of ether oxygens (including phenoxy) is 3. The number of nitrogens with two attached hydrogens (primary N) is 3. The van der Waals surface area contributed by atoms with Gasteiger partial charge < -0.3 is 36.5 Å².